The Morgan fingerprint density at radius 1 is 0.812 bits per heavy atom. The number of rotatable bonds is 5. The first-order valence-electron chi connectivity index (χ1n) is 8.79. The Labute approximate surface area is 186 Å². The molecule has 0 saturated carbocycles. The van der Waals surface area contributed by atoms with E-state index >= 15 is 0 Å². The third-order valence-electron chi connectivity index (χ3n) is 4.39. The third-order valence-corrected chi connectivity index (χ3v) is 6.96. The van der Waals surface area contributed by atoms with Crippen LogP contribution in [-0.2, 0) is 20.2 Å². The van der Waals surface area contributed by atoms with Crippen molar-refractivity contribution in [2.45, 2.75) is 9.79 Å². The van der Waals surface area contributed by atoms with Crippen LogP contribution in [0.4, 0.5) is 15.8 Å². The van der Waals surface area contributed by atoms with Gasteiger partial charge in [-0.3, -0.25) is 9.11 Å². The lowest BCUT2D eigenvalue weighted by Crippen LogP contribution is -2.03. The zero-order valence-corrected chi connectivity index (χ0v) is 18.4. The van der Waals surface area contributed by atoms with Crippen LogP contribution in [0.25, 0.3) is 22.0 Å². The zero-order chi connectivity index (χ0) is 23.1. The topological polar surface area (TPSA) is 172 Å². The summed E-state index contributed by atoms with van der Waals surface area (Å²) in [7, 11) is -9.44. The first kappa shape index (κ1) is 22.0. The molecule has 4 rings (SSSR count). The fourth-order valence-electron chi connectivity index (χ4n) is 3.09. The van der Waals surface area contributed by atoms with Gasteiger partial charge in [0.05, 0.1) is 5.69 Å². The number of azo groups is 1. The van der Waals surface area contributed by atoms with Crippen molar-refractivity contribution in [2.75, 3.05) is 5.73 Å². The van der Waals surface area contributed by atoms with Crippen molar-refractivity contribution in [1.82, 2.24) is 4.98 Å². The minimum Gasteiger partial charge on any atom is -0.375 e. The molecule has 1 heterocycles. The molecule has 0 aliphatic heterocycles. The standard InChI is InChI=1S/C19H14N4O6S3/c20-19-21-17(11-5-2-1-3-6-11)18(30-19)23-22-12-9-14-13(16(10-12)32(27,28)29)7-4-8-15(14)31(24,25)26/h1-10H,(H2,20,21)(H,24,25,26)(H,27,28,29). The van der Waals surface area contributed by atoms with E-state index in [1.54, 1.807) is 12.1 Å². The molecule has 4 aromatic rings. The maximum absolute atomic E-state index is 11.9. The van der Waals surface area contributed by atoms with E-state index in [2.05, 4.69) is 15.2 Å². The monoisotopic (exact) mass is 490 g/mol. The van der Waals surface area contributed by atoms with Crippen LogP contribution in [0.1, 0.15) is 0 Å². The molecule has 0 atom stereocenters. The van der Waals surface area contributed by atoms with Crippen molar-refractivity contribution in [1.29, 1.82) is 0 Å². The van der Waals surface area contributed by atoms with E-state index in [0.29, 0.717) is 10.7 Å². The van der Waals surface area contributed by atoms with E-state index in [-0.39, 0.29) is 21.6 Å². The van der Waals surface area contributed by atoms with E-state index in [0.717, 1.165) is 29.0 Å². The fraction of sp³-hybridized carbons (Fsp3) is 0. The number of aromatic nitrogens is 1. The highest BCUT2D eigenvalue weighted by molar-refractivity contribution is 7.86. The van der Waals surface area contributed by atoms with Gasteiger partial charge in [-0.15, -0.1) is 10.2 Å². The Hall–Kier alpha value is -3.23. The Kier molecular flexibility index (Phi) is 5.52. The molecule has 10 nitrogen and oxygen atoms in total. The van der Waals surface area contributed by atoms with Gasteiger partial charge in [-0.25, -0.2) is 4.98 Å². The summed E-state index contributed by atoms with van der Waals surface area (Å²) >= 11 is 1.05. The largest absolute Gasteiger partial charge is 0.375 e. The van der Waals surface area contributed by atoms with E-state index < -0.39 is 30.0 Å². The molecule has 0 bridgehead atoms. The van der Waals surface area contributed by atoms with Crippen LogP contribution in [0, 0.1) is 0 Å². The number of thiazole rings is 1. The van der Waals surface area contributed by atoms with Gasteiger partial charge in [0.25, 0.3) is 20.2 Å². The van der Waals surface area contributed by atoms with Gasteiger partial charge in [0, 0.05) is 16.3 Å². The minimum atomic E-state index is -4.75. The molecule has 0 radical (unpaired) electrons. The number of anilines is 1. The molecular formula is C19H14N4O6S3. The molecule has 13 heteroatoms. The molecule has 3 aromatic carbocycles. The molecular weight excluding hydrogens is 476 g/mol. The van der Waals surface area contributed by atoms with Gasteiger partial charge >= 0.3 is 0 Å². The van der Waals surface area contributed by atoms with Crippen LogP contribution in [0.2, 0.25) is 0 Å². The van der Waals surface area contributed by atoms with E-state index in [4.69, 9.17) is 5.73 Å². The molecule has 0 amide bonds. The van der Waals surface area contributed by atoms with Gasteiger partial charge in [0.2, 0.25) is 0 Å². The maximum Gasteiger partial charge on any atom is 0.295 e. The lowest BCUT2D eigenvalue weighted by atomic mass is 10.1. The molecule has 0 aliphatic rings. The van der Waals surface area contributed by atoms with Crippen LogP contribution >= 0.6 is 11.3 Å². The Balaban J connectivity index is 1.91. The minimum absolute atomic E-state index is 0.0767. The predicted molar refractivity (Wildman–Crippen MR) is 120 cm³/mol. The first-order valence-corrected chi connectivity index (χ1v) is 12.5. The lowest BCUT2D eigenvalue weighted by molar-refractivity contribution is 0.481. The van der Waals surface area contributed by atoms with Gasteiger partial charge in [-0.05, 0) is 18.2 Å². The van der Waals surface area contributed by atoms with E-state index in [1.165, 1.54) is 18.2 Å². The van der Waals surface area contributed by atoms with Gasteiger partial charge < -0.3 is 5.73 Å². The molecule has 1 aromatic heterocycles. The molecule has 0 unspecified atom stereocenters. The van der Waals surface area contributed by atoms with Crippen molar-refractivity contribution in [2.24, 2.45) is 10.2 Å². The highest BCUT2D eigenvalue weighted by Gasteiger charge is 2.21. The molecule has 0 fully saturated rings. The zero-order valence-electron chi connectivity index (χ0n) is 15.9. The number of nitrogens with two attached hydrogens (primary N) is 1. The molecule has 32 heavy (non-hydrogen) atoms. The Morgan fingerprint density at radius 2 is 1.50 bits per heavy atom. The highest BCUT2D eigenvalue weighted by atomic mass is 32.2. The van der Waals surface area contributed by atoms with Crippen molar-refractivity contribution in [3.05, 3.63) is 60.7 Å². The number of hydrogen-bond donors (Lipinski definition) is 3. The van der Waals surface area contributed by atoms with Gasteiger partial charge in [-0.2, -0.15) is 16.8 Å². The summed E-state index contributed by atoms with van der Waals surface area (Å²) in [6, 6.07) is 15.0. The van der Waals surface area contributed by atoms with Crippen LogP contribution in [0.15, 0.2) is 80.7 Å². The predicted octanol–water partition coefficient (Wildman–Crippen LogP) is 4.45. The second kappa shape index (κ2) is 8.03. The second-order valence-corrected chi connectivity index (χ2v) is 10.3. The fourth-order valence-corrected chi connectivity index (χ4v) is 5.19. The average molecular weight is 491 g/mol. The van der Waals surface area contributed by atoms with Crippen LogP contribution in [-0.4, -0.2) is 30.9 Å². The second-order valence-electron chi connectivity index (χ2n) is 6.52. The number of nitrogen functional groups attached to an aromatic ring is 1. The van der Waals surface area contributed by atoms with Crippen molar-refractivity contribution in [3.63, 3.8) is 0 Å². The summed E-state index contributed by atoms with van der Waals surface area (Å²) in [5.41, 5.74) is 6.93. The van der Waals surface area contributed by atoms with Gasteiger partial charge in [0.15, 0.2) is 10.1 Å². The Bertz CT molecular complexity index is 1580. The Morgan fingerprint density at radius 3 is 2.16 bits per heavy atom. The van der Waals surface area contributed by atoms with E-state index in [9.17, 15) is 25.9 Å². The maximum atomic E-state index is 11.9. The molecule has 4 N–H and O–H groups in total. The van der Waals surface area contributed by atoms with Crippen LogP contribution in [0.3, 0.4) is 0 Å². The normalized spacial score (nSPS) is 12.6. The summed E-state index contributed by atoms with van der Waals surface area (Å²) in [5.74, 6) is 0. The van der Waals surface area contributed by atoms with E-state index in [1.807, 2.05) is 18.2 Å². The van der Waals surface area contributed by atoms with Gasteiger partial charge in [-0.1, -0.05) is 53.8 Å². The number of benzene rings is 3. The highest BCUT2D eigenvalue weighted by Crippen LogP contribution is 2.39. The summed E-state index contributed by atoms with van der Waals surface area (Å²) in [4.78, 5) is 3.12. The molecule has 0 aliphatic carbocycles. The summed E-state index contributed by atoms with van der Waals surface area (Å²) in [6.45, 7) is 0. The number of fused-ring (bicyclic) bond motifs is 1. The first-order chi connectivity index (χ1) is 15.0. The van der Waals surface area contributed by atoms with Crippen LogP contribution < -0.4 is 5.73 Å². The quantitative estimate of drug-likeness (QED) is 0.272. The smallest absolute Gasteiger partial charge is 0.295 e. The summed E-state index contributed by atoms with van der Waals surface area (Å²) in [5, 5.41) is 8.45. The van der Waals surface area contributed by atoms with Crippen molar-refractivity contribution < 1.29 is 25.9 Å². The lowest BCUT2D eigenvalue weighted by Gasteiger charge is -2.08. The van der Waals surface area contributed by atoms with Crippen molar-refractivity contribution in [3.8, 4) is 11.3 Å². The molecule has 164 valence electrons. The van der Waals surface area contributed by atoms with Crippen molar-refractivity contribution >= 4 is 58.2 Å². The number of nitrogens with zero attached hydrogens (tertiary/aromatic N) is 3. The van der Waals surface area contributed by atoms with Gasteiger partial charge in [0.1, 0.15) is 15.5 Å². The summed E-state index contributed by atoms with van der Waals surface area (Å²) < 4.78 is 66.6. The number of hydrogen-bond acceptors (Lipinski definition) is 9. The van der Waals surface area contributed by atoms with Crippen LogP contribution in [0.5, 0.6) is 0 Å². The average Bonchev–Trinajstić information content (AvgIpc) is 3.11. The molecule has 0 saturated heterocycles. The molecule has 0 spiro atoms. The summed E-state index contributed by atoms with van der Waals surface area (Å²) in [6.07, 6.45) is 0. The SMILES string of the molecule is Nc1nc(-c2ccccc2)c(N=Nc2cc(S(=O)(=O)O)c3cccc(S(=O)(=O)O)c3c2)s1. The third kappa shape index (κ3) is 4.37.